The van der Waals surface area contributed by atoms with Crippen LogP contribution in [0.3, 0.4) is 0 Å². The average Bonchev–Trinajstić information content (AvgIpc) is 2.68. The van der Waals surface area contributed by atoms with Crippen LogP contribution >= 0.6 is 0 Å². The molecule has 14 heavy (non-hydrogen) atoms. The number of allylic oxidation sites excluding steroid dienone is 3. The Bertz CT molecular complexity index is 345. The van der Waals surface area contributed by atoms with Gasteiger partial charge in [0.2, 0.25) is 0 Å². The molecule has 0 aromatic rings. The Morgan fingerprint density at radius 2 is 2.21 bits per heavy atom. The number of rotatable bonds is 1. The summed E-state index contributed by atoms with van der Waals surface area (Å²) in [5.41, 5.74) is 1.44. The van der Waals surface area contributed by atoms with E-state index in [-0.39, 0.29) is 17.0 Å². The van der Waals surface area contributed by atoms with E-state index in [2.05, 4.69) is 6.58 Å². The number of carbonyl (C=O) groups excluding carboxylic acids is 2. The summed E-state index contributed by atoms with van der Waals surface area (Å²) in [4.78, 5) is 23.0. The number of Topliss-reactive ketones (excluding diaryl/α,β-unsaturated/α-hetero) is 2. The lowest BCUT2D eigenvalue weighted by atomic mass is 9.78. The zero-order valence-corrected chi connectivity index (χ0v) is 8.43. The Morgan fingerprint density at radius 1 is 1.50 bits per heavy atom. The van der Waals surface area contributed by atoms with Crippen LogP contribution in [0.4, 0.5) is 0 Å². The highest BCUT2D eigenvalue weighted by Gasteiger charge is 2.47. The second-order valence-electron chi connectivity index (χ2n) is 4.28. The first-order valence-electron chi connectivity index (χ1n) is 4.98. The van der Waals surface area contributed by atoms with Crippen LogP contribution in [0, 0.1) is 5.41 Å². The molecule has 2 aliphatic rings. The van der Waals surface area contributed by atoms with Gasteiger partial charge in [0, 0.05) is 6.42 Å². The fourth-order valence-electron chi connectivity index (χ4n) is 2.46. The molecule has 0 aromatic heterocycles. The van der Waals surface area contributed by atoms with Gasteiger partial charge in [-0.3, -0.25) is 9.59 Å². The maximum Gasteiger partial charge on any atom is 0.155 e. The SMILES string of the molecule is C=C1CCC(=O)C12CC=C(C(C)=O)C2. The Balaban J connectivity index is 2.27. The molecule has 1 saturated carbocycles. The van der Waals surface area contributed by atoms with Crippen LogP contribution in [0.2, 0.25) is 0 Å². The lowest BCUT2D eigenvalue weighted by Crippen LogP contribution is -2.24. The van der Waals surface area contributed by atoms with E-state index in [1.54, 1.807) is 6.92 Å². The molecule has 0 bridgehead atoms. The van der Waals surface area contributed by atoms with Crippen LogP contribution in [0.5, 0.6) is 0 Å². The summed E-state index contributed by atoms with van der Waals surface area (Å²) in [7, 11) is 0. The van der Waals surface area contributed by atoms with Crippen molar-refractivity contribution in [1.82, 2.24) is 0 Å². The molecule has 0 aromatic carbocycles. The maximum absolute atomic E-state index is 11.8. The summed E-state index contributed by atoms with van der Waals surface area (Å²) in [5.74, 6) is 0.365. The van der Waals surface area contributed by atoms with Crippen LogP contribution in [0.15, 0.2) is 23.8 Å². The first-order chi connectivity index (χ1) is 6.56. The molecular weight excluding hydrogens is 176 g/mol. The average molecular weight is 190 g/mol. The van der Waals surface area contributed by atoms with Crippen LogP contribution < -0.4 is 0 Å². The Hall–Kier alpha value is -1.18. The molecule has 1 fully saturated rings. The molecule has 1 unspecified atom stereocenters. The van der Waals surface area contributed by atoms with Gasteiger partial charge < -0.3 is 0 Å². The Morgan fingerprint density at radius 3 is 2.64 bits per heavy atom. The van der Waals surface area contributed by atoms with Crippen molar-refractivity contribution in [3.8, 4) is 0 Å². The van der Waals surface area contributed by atoms with Gasteiger partial charge in [-0.25, -0.2) is 0 Å². The normalized spacial score (nSPS) is 31.4. The van der Waals surface area contributed by atoms with E-state index in [9.17, 15) is 9.59 Å². The summed E-state index contributed by atoms with van der Waals surface area (Å²) in [5, 5.41) is 0. The molecule has 0 saturated heterocycles. The smallest absolute Gasteiger partial charge is 0.155 e. The number of ketones is 2. The number of hydrogen-bond acceptors (Lipinski definition) is 2. The summed E-state index contributed by atoms with van der Waals surface area (Å²) < 4.78 is 0. The third kappa shape index (κ3) is 1.10. The van der Waals surface area contributed by atoms with E-state index in [1.165, 1.54) is 0 Å². The van der Waals surface area contributed by atoms with E-state index >= 15 is 0 Å². The first kappa shape index (κ1) is 9.38. The zero-order valence-electron chi connectivity index (χ0n) is 8.43. The van der Waals surface area contributed by atoms with Gasteiger partial charge in [0.15, 0.2) is 5.78 Å². The molecular formula is C12H14O2. The van der Waals surface area contributed by atoms with E-state index in [0.717, 1.165) is 17.6 Å². The van der Waals surface area contributed by atoms with Gasteiger partial charge in [-0.15, -0.1) is 0 Å². The monoisotopic (exact) mass is 190 g/mol. The fraction of sp³-hybridized carbons (Fsp3) is 0.500. The van der Waals surface area contributed by atoms with Gasteiger partial charge in [-0.05, 0) is 31.8 Å². The molecule has 0 amide bonds. The first-order valence-corrected chi connectivity index (χ1v) is 4.98. The highest BCUT2D eigenvalue weighted by atomic mass is 16.1. The number of hydrogen-bond donors (Lipinski definition) is 0. The molecule has 0 radical (unpaired) electrons. The predicted molar refractivity (Wildman–Crippen MR) is 53.8 cm³/mol. The highest BCUT2D eigenvalue weighted by Crippen LogP contribution is 2.50. The van der Waals surface area contributed by atoms with Crippen molar-refractivity contribution < 1.29 is 9.59 Å². The minimum Gasteiger partial charge on any atom is -0.299 e. The van der Waals surface area contributed by atoms with Crippen molar-refractivity contribution in [2.75, 3.05) is 0 Å². The molecule has 0 heterocycles. The van der Waals surface area contributed by atoms with Gasteiger partial charge in [0.05, 0.1) is 5.41 Å². The molecule has 2 nitrogen and oxygen atoms in total. The largest absolute Gasteiger partial charge is 0.299 e. The van der Waals surface area contributed by atoms with Gasteiger partial charge in [-0.2, -0.15) is 0 Å². The lowest BCUT2D eigenvalue weighted by molar-refractivity contribution is -0.124. The second-order valence-corrected chi connectivity index (χ2v) is 4.28. The fourth-order valence-corrected chi connectivity index (χ4v) is 2.46. The second kappa shape index (κ2) is 2.91. The minimum absolute atomic E-state index is 0.0920. The van der Waals surface area contributed by atoms with Gasteiger partial charge in [-0.1, -0.05) is 18.2 Å². The Labute approximate surface area is 83.7 Å². The molecule has 1 spiro atoms. The van der Waals surface area contributed by atoms with Crippen LogP contribution in [0.25, 0.3) is 0 Å². The highest BCUT2D eigenvalue weighted by molar-refractivity contribution is 5.99. The van der Waals surface area contributed by atoms with Crippen molar-refractivity contribution in [3.63, 3.8) is 0 Å². The lowest BCUT2D eigenvalue weighted by Gasteiger charge is -2.22. The molecule has 2 rings (SSSR count). The zero-order chi connectivity index (χ0) is 10.3. The van der Waals surface area contributed by atoms with Crippen molar-refractivity contribution in [1.29, 1.82) is 0 Å². The molecule has 0 aliphatic heterocycles. The summed E-state index contributed by atoms with van der Waals surface area (Å²) in [6, 6.07) is 0. The van der Waals surface area contributed by atoms with Crippen molar-refractivity contribution in [3.05, 3.63) is 23.8 Å². The van der Waals surface area contributed by atoms with E-state index < -0.39 is 0 Å². The van der Waals surface area contributed by atoms with Crippen molar-refractivity contribution in [2.24, 2.45) is 5.41 Å². The topological polar surface area (TPSA) is 34.1 Å². The van der Waals surface area contributed by atoms with Crippen molar-refractivity contribution >= 4 is 11.6 Å². The molecule has 2 aliphatic carbocycles. The number of carbonyl (C=O) groups is 2. The molecule has 74 valence electrons. The van der Waals surface area contributed by atoms with E-state index in [0.29, 0.717) is 19.3 Å². The predicted octanol–water partition coefficient (Wildman–Crippen LogP) is 2.20. The summed E-state index contributed by atoms with van der Waals surface area (Å²) in [6.07, 6.45) is 4.62. The van der Waals surface area contributed by atoms with Crippen LogP contribution in [-0.2, 0) is 9.59 Å². The third-order valence-corrected chi connectivity index (χ3v) is 3.51. The Kier molecular flexibility index (Phi) is 1.95. The summed E-state index contributed by atoms with van der Waals surface area (Å²) >= 11 is 0. The minimum atomic E-state index is -0.388. The van der Waals surface area contributed by atoms with Gasteiger partial charge in [0.25, 0.3) is 0 Å². The van der Waals surface area contributed by atoms with Crippen LogP contribution in [-0.4, -0.2) is 11.6 Å². The quantitative estimate of drug-likeness (QED) is 0.594. The standard InChI is InChI=1S/C12H14O2/c1-8-3-4-11(14)12(8)6-5-10(7-12)9(2)13/h5H,1,3-4,6-7H2,2H3. The van der Waals surface area contributed by atoms with Crippen LogP contribution in [0.1, 0.15) is 32.6 Å². The van der Waals surface area contributed by atoms with Gasteiger partial charge >= 0.3 is 0 Å². The maximum atomic E-state index is 11.8. The summed E-state index contributed by atoms with van der Waals surface area (Å²) in [6.45, 7) is 5.53. The van der Waals surface area contributed by atoms with Gasteiger partial charge in [0.1, 0.15) is 5.78 Å². The van der Waals surface area contributed by atoms with E-state index in [4.69, 9.17) is 0 Å². The molecule has 1 atom stereocenters. The molecule has 0 N–H and O–H groups in total. The third-order valence-electron chi connectivity index (χ3n) is 3.51. The molecule has 2 heteroatoms. The van der Waals surface area contributed by atoms with Crippen molar-refractivity contribution in [2.45, 2.75) is 32.6 Å². The van der Waals surface area contributed by atoms with E-state index in [1.807, 2.05) is 6.08 Å².